The molecule has 29 heavy (non-hydrogen) atoms. The maximum atomic E-state index is 13.7. The number of fused-ring (bicyclic) bond motifs is 1. The first kappa shape index (κ1) is 18.1. The highest BCUT2D eigenvalue weighted by molar-refractivity contribution is 7.98. The third-order valence-corrected chi connectivity index (χ3v) is 8.73. The van der Waals surface area contributed by atoms with Crippen molar-refractivity contribution in [1.29, 1.82) is 0 Å². The molecule has 7 rings (SSSR count). The zero-order chi connectivity index (χ0) is 19.8. The van der Waals surface area contributed by atoms with E-state index >= 15 is 0 Å². The van der Waals surface area contributed by atoms with Crippen LogP contribution in [0.3, 0.4) is 0 Å². The summed E-state index contributed by atoms with van der Waals surface area (Å²) in [7, 11) is 0. The molecule has 0 saturated heterocycles. The second kappa shape index (κ2) is 6.37. The van der Waals surface area contributed by atoms with Crippen LogP contribution in [-0.4, -0.2) is 15.7 Å². The summed E-state index contributed by atoms with van der Waals surface area (Å²) in [5, 5.41) is 8.36. The van der Waals surface area contributed by atoms with Gasteiger partial charge in [-0.05, 0) is 93.4 Å². The molecule has 0 unspecified atom stereocenters. The zero-order valence-corrected chi connectivity index (χ0v) is 18.1. The fourth-order valence-corrected chi connectivity index (χ4v) is 8.06. The lowest BCUT2D eigenvalue weighted by atomic mass is 9.49. The maximum absolute atomic E-state index is 13.7. The van der Waals surface area contributed by atoms with E-state index in [1.54, 1.807) is 0 Å². The van der Waals surface area contributed by atoms with Crippen molar-refractivity contribution in [3.8, 4) is 5.69 Å². The molecule has 1 aromatic carbocycles. The molecule has 1 aliphatic heterocycles. The fourth-order valence-electron chi connectivity index (χ4n) is 7.03. The highest BCUT2D eigenvalue weighted by Crippen LogP contribution is 2.60. The standard InChI is InChI=1S/C24H29N3OS/c1-14-3-15(2)5-19(4-14)27-22(20-12-29-13-21(20)26-27)25-23(28)24-9-16-6-17(10-24)8-18(7-16)11-24/h3-5,16-18H,6-13H2,1-2H3,(H,25,28). The molecule has 2 aromatic rings. The topological polar surface area (TPSA) is 46.9 Å². The number of nitrogens with zero attached hydrogens (tertiary/aromatic N) is 2. The van der Waals surface area contributed by atoms with Gasteiger partial charge in [0.15, 0.2) is 0 Å². The predicted molar refractivity (Wildman–Crippen MR) is 117 cm³/mol. The van der Waals surface area contributed by atoms with Crippen LogP contribution in [0.25, 0.3) is 5.69 Å². The number of rotatable bonds is 3. The molecule has 0 atom stereocenters. The summed E-state index contributed by atoms with van der Waals surface area (Å²) in [6.07, 6.45) is 7.37. The molecule has 4 saturated carbocycles. The molecule has 152 valence electrons. The minimum Gasteiger partial charge on any atom is -0.310 e. The van der Waals surface area contributed by atoms with Gasteiger partial charge in [0.2, 0.25) is 5.91 Å². The lowest BCUT2D eigenvalue weighted by Gasteiger charge is -2.55. The van der Waals surface area contributed by atoms with Gasteiger partial charge in [0.1, 0.15) is 5.82 Å². The van der Waals surface area contributed by atoms with Gasteiger partial charge < -0.3 is 5.32 Å². The number of amides is 1. The smallest absolute Gasteiger partial charge is 0.231 e. The summed E-state index contributed by atoms with van der Waals surface area (Å²) < 4.78 is 2.00. The van der Waals surface area contributed by atoms with E-state index in [9.17, 15) is 4.79 Å². The molecule has 0 radical (unpaired) electrons. The van der Waals surface area contributed by atoms with Crippen LogP contribution in [0.2, 0.25) is 0 Å². The van der Waals surface area contributed by atoms with E-state index in [0.717, 1.165) is 65.7 Å². The van der Waals surface area contributed by atoms with Crippen molar-refractivity contribution >= 4 is 23.5 Å². The van der Waals surface area contributed by atoms with Crippen molar-refractivity contribution in [3.63, 3.8) is 0 Å². The van der Waals surface area contributed by atoms with Crippen molar-refractivity contribution in [2.24, 2.45) is 23.2 Å². The van der Waals surface area contributed by atoms with E-state index in [1.807, 2.05) is 16.4 Å². The molecular formula is C24H29N3OS. The van der Waals surface area contributed by atoms with Crippen molar-refractivity contribution in [3.05, 3.63) is 40.6 Å². The summed E-state index contributed by atoms with van der Waals surface area (Å²) in [6.45, 7) is 4.24. The maximum Gasteiger partial charge on any atom is 0.231 e. The number of thioether (sulfide) groups is 1. The lowest BCUT2D eigenvalue weighted by Crippen LogP contribution is -2.52. The highest BCUT2D eigenvalue weighted by atomic mass is 32.2. The van der Waals surface area contributed by atoms with Gasteiger partial charge in [-0.1, -0.05) is 6.07 Å². The Hall–Kier alpha value is -1.75. The molecule has 5 aliphatic rings. The Morgan fingerprint density at radius 2 is 1.66 bits per heavy atom. The van der Waals surface area contributed by atoms with Crippen LogP contribution in [0.4, 0.5) is 5.82 Å². The molecule has 1 amide bonds. The Kier molecular flexibility index (Phi) is 3.97. The second-order valence-corrected chi connectivity index (χ2v) is 11.2. The van der Waals surface area contributed by atoms with Crippen molar-refractivity contribution < 1.29 is 4.79 Å². The van der Waals surface area contributed by atoms with Gasteiger partial charge in [-0.3, -0.25) is 4.79 Å². The average molecular weight is 408 g/mol. The third-order valence-electron chi connectivity index (χ3n) is 7.75. The first-order valence-electron chi connectivity index (χ1n) is 11.1. The molecule has 2 heterocycles. The molecular weight excluding hydrogens is 378 g/mol. The summed E-state index contributed by atoms with van der Waals surface area (Å²) in [5.41, 5.74) is 5.74. The fraction of sp³-hybridized carbons (Fsp3) is 0.583. The van der Waals surface area contributed by atoms with Gasteiger partial charge >= 0.3 is 0 Å². The van der Waals surface area contributed by atoms with E-state index < -0.39 is 0 Å². The number of aromatic nitrogens is 2. The number of carbonyl (C=O) groups is 1. The summed E-state index contributed by atoms with van der Waals surface area (Å²) in [4.78, 5) is 13.7. The van der Waals surface area contributed by atoms with E-state index in [0.29, 0.717) is 0 Å². The minimum atomic E-state index is -0.134. The largest absolute Gasteiger partial charge is 0.310 e. The molecule has 4 fully saturated rings. The average Bonchev–Trinajstić information content (AvgIpc) is 3.22. The van der Waals surface area contributed by atoms with Gasteiger partial charge in [-0.25, -0.2) is 4.68 Å². The number of carbonyl (C=O) groups excluding carboxylic acids is 1. The number of hydrogen-bond donors (Lipinski definition) is 1. The summed E-state index contributed by atoms with van der Waals surface area (Å²) in [6, 6.07) is 6.52. The Labute approximate surface area is 176 Å². The van der Waals surface area contributed by atoms with Crippen molar-refractivity contribution in [2.75, 3.05) is 5.32 Å². The Balaban J connectivity index is 1.38. The van der Waals surface area contributed by atoms with E-state index in [1.165, 1.54) is 36.0 Å². The number of nitrogens with one attached hydrogen (secondary N) is 1. The number of benzene rings is 1. The Morgan fingerprint density at radius 1 is 1.03 bits per heavy atom. The predicted octanol–water partition coefficient (Wildman–Crippen LogP) is 5.39. The van der Waals surface area contributed by atoms with Crippen molar-refractivity contribution in [2.45, 2.75) is 63.9 Å². The van der Waals surface area contributed by atoms with Crippen molar-refractivity contribution in [1.82, 2.24) is 9.78 Å². The molecule has 4 aliphatic carbocycles. The van der Waals surface area contributed by atoms with Gasteiger partial charge in [-0.15, -0.1) is 0 Å². The van der Waals surface area contributed by atoms with E-state index in [2.05, 4.69) is 37.4 Å². The summed E-state index contributed by atoms with van der Waals surface area (Å²) in [5.74, 6) is 5.40. The van der Waals surface area contributed by atoms with Crippen LogP contribution in [0, 0.1) is 37.0 Å². The molecule has 1 aromatic heterocycles. The van der Waals surface area contributed by atoms with Crippen LogP contribution in [0.5, 0.6) is 0 Å². The first-order chi connectivity index (χ1) is 14.0. The molecule has 0 spiro atoms. The first-order valence-corrected chi connectivity index (χ1v) is 12.2. The van der Waals surface area contributed by atoms with Crippen LogP contribution < -0.4 is 5.32 Å². The van der Waals surface area contributed by atoms with Crippen LogP contribution >= 0.6 is 11.8 Å². The molecule has 5 heteroatoms. The van der Waals surface area contributed by atoms with Crippen LogP contribution in [0.15, 0.2) is 18.2 Å². The highest BCUT2D eigenvalue weighted by Gasteiger charge is 2.54. The third kappa shape index (κ3) is 2.88. The molecule has 1 N–H and O–H groups in total. The van der Waals surface area contributed by atoms with Crippen LogP contribution in [-0.2, 0) is 16.3 Å². The normalized spacial score (nSPS) is 31.9. The van der Waals surface area contributed by atoms with Gasteiger partial charge in [0.25, 0.3) is 0 Å². The van der Waals surface area contributed by atoms with Crippen LogP contribution in [0.1, 0.15) is 60.9 Å². The Bertz CT molecular complexity index is 952. The van der Waals surface area contributed by atoms with Gasteiger partial charge in [0.05, 0.1) is 16.8 Å². The number of anilines is 1. The monoisotopic (exact) mass is 407 g/mol. The number of hydrogen-bond acceptors (Lipinski definition) is 3. The van der Waals surface area contributed by atoms with Gasteiger partial charge in [0, 0.05) is 17.1 Å². The summed E-state index contributed by atoms with van der Waals surface area (Å²) >= 11 is 1.89. The molecule has 4 nitrogen and oxygen atoms in total. The molecule has 4 bridgehead atoms. The lowest BCUT2D eigenvalue weighted by molar-refractivity contribution is -0.140. The van der Waals surface area contributed by atoms with Gasteiger partial charge in [-0.2, -0.15) is 16.9 Å². The second-order valence-electron chi connectivity index (χ2n) is 10.2. The number of aryl methyl sites for hydroxylation is 2. The van der Waals surface area contributed by atoms with E-state index in [-0.39, 0.29) is 11.3 Å². The Morgan fingerprint density at radius 3 is 2.28 bits per heavy atom. The zero-order valence-electron chi connectivity index (χ0n) is 17.3. The van der Waals surface area contributed by atoms with E-state index in [4.69, 9.17) is 5.10 Å². The quantitative estimate of drug-likeness (QED) is 0.742. The minimum absolute atomic E-state index is 0.134. The SMILES string of the molecule is Cc1cc(C)cc(-n2nc3c(c2NC(=O)C24CC5CC(CC(C5)C2)C4)CSC3)c1.